The highest BCUT2D eigenvalue weighted by atomic mass is 79.9. The van der Waals surface area contributed by atoms with Crippen LogP contribution in [0.25, 0.3) is 0 Å². The Hall–Kier alpha value is -2.97. The summed E-state index contributed by atoms with van der Waals surface area (Å²) >= 11 is 3.31. The maximum Gasteiger partial charge on any atom is 0.243 e. The van der Waals surface area contributed by atoms with Crippen LogP contribution in [-0.2, 0) is 23.1 Å². The summed E-state index contributed by atoms with van der Waals surface area (Å²) in [4.78, 5) is 0.143. The number of halogens is 1. The summed E-state index contributed by atoms with van der Waals surface area (Å²) in [5.41, 5.74) is 2.03. The third-order valence-electron chi connectivity index (χ3n) is 4.42. The van der Waals surface area contributed by atoms with Crippen molar-refractivity contribution in [3.63, 3.8) is 0 Å². The van der Waals surface area contributed by atoms with E-state index in [1.54, 1.807) is 60.7 Å². The lowest BCUT2D eigenvalue weighted by Crippen LogP contribution is -2.31. The van der Waals surface area contributed by atoms with Crippen molar-refractivity contribution < 1.29 is 8.42 Å². The lowest BCUT2D eigenvalue weighted by atomic mass is 10.1. The third-order valence-corrected chi connectivity index (χ3v) is 6.76. The van der Waals surface area contributed by atoms with Crippen molar-refractivity contribution >= 4 is 26.0 Å². The number of rotatable bonds is 6. The Morgan fingerprint density at radius 3 is 1.66 bits per heavy atom. The van der Waals surface area contributed by atoms with Gasteiger partial charge in [-0.15, -0.1) is 0 Å². The normalized spacial score (nSPS) is 11.0. The van der Waals surface area contributed by atoms with Crippen LogP contribution in [0.1, 0.15) is 22.3 Å². The van der Waals surface area contributed by atoms with Crippen LogP contribution < -0.4 is 0 Å². The molecule has 0 radical (unpaired) electrons. The van der Waals surface area contributed by atoms with Gasteiger partial charge in [0.15, 0.2) is 0 Å². The van der Waals surface area contributed by atoms with E-state index in [1.165, 1.54) is 16.4 Å². The van der Waals surface area contributed by atoms with Crippen molar-refractivity contribution in [1.29, 1.82) is 10.5 Å². The van der Waals surface area contributed by atoms with Crippen molar-refractivity contribution in [3.05, 3.63) is 99.5 Å². The Morgan fingerprint density at radius 2 is 1.21 bits per heavy atom. The van der Waals surface area contributed by atoms with Gasteiger partial charge in [0.25, 0.3) is 0 Å². The molecule has 0 fully saturated rings. The Morgan fingerprint density at radius 1 is 0.759 bits per heavy atom. The van der Waals surface area contributed by atoms with Crippen LogP contribution in [0.3, 0.4) is 0 Å². The Labute approximate surface area is 178 Å². The summed E-state index contributed by atoms with van der Waals surface area (Å²) in [6, 6.07) is 24.4. The predicted molar refractivity (Wildman–Crippen MR) is 113 cm³/mol. The monoisotopic (exact) mass is 465 g/mol. The number of hydrogen-bond acceptors (Lipinski definition) is 4. The molecule has 0 aliphatic heterocycles. The molecule has 0 amide bonds. The molecule has 0 aliphatic carbocycles. The summed E-state index contributed by atoms with van der Waals surface area (Å²) in [5, 5.41) is 18.8. The highest BCUT2D eigenvalue weighted by Crippen LogP contribution is 2.24. The second-order valence-electron chi connectivity index (χ2n) is 6.26. The molecular formula is C22H16BrN3O2S. The lowest BCUT2D eigenvalue weighted by Gasteiger charge is -2.23. The van der Waals surface area contributed by atoms with E-state index >= 15 is 0 Å². The van der Waals surface area contributed by atoms with E-state index in [0.717, 1.165) is 4.47 Å². The number of benzene rings is 3. The SMILES string of the molecule is N#Cc1ccccc1CN(Cc1ccccc1C#N)S(=O)(=O)c1ccc(Br)cc1. The minimum atomic E-state index is -3.87. The van der Waals surface area contributed by atoms with Crippen LogP contribution in [0, 0.1) is 22.7 Å². The average Bonchev–Trinajstić information content (AvgIpc) is 2.74. The molecule has 3 aromatic carbocycles. The Kier molecular flexibility index (Phi) is 6.46. The number of nitriles is 2. The van der Waals surface area contributed by atoms with E-state index in [-0.39, 0.29) is 18.0 Å². The molecule has 0 atom stereocenters. The van der Waals surface area contributed by atoms with Crippen LogP contribution in [0.2, 0.25) is 0 Å². The molecular weight excluding hydrogens is 450 g/mol. The molecule has 7 heteroatoms. The largest absolute Gasteiger partial charge is 0.243 e. The zero-order valence-electron chi connectivity index (χ0n) is 15.3. The van der Waals surface area contributed by atoms with Crippen LogP contribution >= 0.6 is 15.9 Å². The number of hydrogen-bond donors (Lipinski definition) is 0. The Balaban J connectivity index is 2.07. The first-order valence-electron chi connectivity index (χ1n) is 8.67. The van der Waals surface area contributed by atoms with Gasteiger partial charge < -0.3 is 0 Å². The third kappa shape index (κ3) is 4.72. The second kappa shape index (κ2) is 9.02. The first kappa shape index (κ1) is 20.8. The zero-order chi connectivity index (χ0) is 20.9. The molecule has 3 rings (SSSR count). The minimum Gasteiger partial charge on any atom is -0.207 e. The fraction of sp³-hybridized carbons (Fsp3) is 0.0909. The average molecular weight is 466 g/mol. The topological polar surface area (TPSA) is 85.0 Å². The molecule has 0 aromatic heterocycles. The molecule has 0 unspecified atom stereocenters. The van der Waals surface area contributed by atoms with Crippen molar-refractivity contribution in [2.24, 2.45) is 0 Å². The summed E-state index contributed by atoms with van der Waals surface area (Å²) in [6.45, 7) is 0.0315. The zero-order valence-corrected chi connectivity index (χ0v) is 17.7. The molecule has 0 aliphatic rings. The number of nitrogens with zero attached hydrogens (tertiary/aromatic N) is 3. The van der Waals surface area contributed by atoms with E-state index in [9.17, 15) is 18.9 Å². The van der Waals surface area contributed by atoms with E-state index in [4.69, 9.17) is 0 Å². The molecule has 29 heavy (non-hydrogen) atoms. The fourth-order valence-electron chi connectivity index (χ4n) is 2.90. The summed E-state index contributed by atoms with van der Waals surface area (Å²) in [7, 11) is -3.87. The summed E-state index contributed by atoms with van der Waals surface area (Å²) in [6.07, 6.45) is 0. The summed E-state index contributed by atoms with van der Waals surface area (Å²) < 4.78 is 28.9. The second-order valence-corrected chi connectivity index (χ2v) is 9.12. The van der Waals surface area contributed by atoms with Crippen molar-refractivity contribution in [1.82, 2.24) is 4.31 Å². The molecule has 0 N–H and O–H groups in total. The van der Waals surface area contributed by atoms with Gasteiger partial charge in [0.05, 0.1) is 28.2 Å². The summed E-state index contributed by atoms with van der Waals surface area (Å²) in [5.74, 6) is 0. The molecule has 0 bridgehead atoms. The molecule has 0 spiro atoms. The van der Waals surface area contributed by atoms with Crippen LogP contribution in [0.5, 0.6) is 0 Å². The van der Waals surface area contributed by atoms with Crippen molar-refractivity contribution in [2.45, 2.75) is 18.0 Å². The first-order chi connectivity index (χ1) is 14.0. The minimum absolute atomic E-state index is 0.0158. The molecule has 0 saturated heterocycles. The molecule has 0 saturated carbocycles. The highest BCUT2D eigenvalue weighted by Gasteiger charge is 2.26. The highest BCUT2D eigenvalue weighted by molar-refractivity contribution is 9.10. The van der Waals surface area contributed by atoms with E-state index in [2.05, 4.69) is 28.1 Å². The standard InChI is InChI=1S/C22H16BrN3O2S/c23-21-9-11-22(12-10-21)29(27,28)26(15-19-7-3-1-5-17(19)13-24)16-20-8-4-2-6-18(20)14-25/h1-12H,15-16H2. The van der Waals surface area contributed by atoms with Gasteiger partial charge in [-0.05, 0) is 47.5 Å². The van der Waals surface area contributed by atoms with Gasteiger partial charge >= 0.3 is 0 Å². The lowest BCUT2D eigenvalue weighted by molar-refractivity contribution is 0.400. The van der Waals surface area contributed by atoms with Gasteiger partial charge in [0, 0.05) is 17.6 Å². The molecule has 3 aromatic rings. The predicted octanol–water partition coefficient (Wildman–Crippen LogP) is 4.58. The van der Waals surface area contributed by atoms with E-state index in [0.29, 0.717) is 22.3 Å². The van der Waals surface area contributed by atoms with Gasteiger partial charge in [-0.2, -0.15) is 14.8 Å². The quantitative estimate of drug-likeness (QED) is 0.532. The maximum atomic E-state index is 13.4. The van der Waals surface area contributed by atoms with E-state index < -0.39 is 10.0 Å². The van der Waals surface area contributed by atoms with Gasteiger partial charge in [0.1, 0.15) is 0 Å². The maximum absolute atomic E-state index is 13.4. The van der Waals surface area contributed by atoms with Crippen LogP contribution in [0.15, 0.2) is 82.2 Å². The smallest absolute Gasteiger partial charge is 0.207 e. The molecule has 144 valence electrons. The molecule has 0 heterocycles. The van der Waals surface area contributed by atoms with Crippen molar-refractivity contribution in [2.75, 3.05) is 0 Å². The van der Waals surface area contributed by atoms with Gasteiger partial charge in [-0.1, -0.05) is 52.3 Å². The van der Waals surface area contributed by atoms with Gasteiger partial charge in [-0.25, -0.2) is 8.42 Å². The van der Waals surface area contributed by atoms with Gasteiger partial charge in [-0.3, -0.25) is 0 Å². The van der Waals surface area contributed by atoms with Crippen LogP contribution in [-0.4, -0.2) is 12.7 Å². The Bertz CT molecular complexity index is 1150. The van der Waals surface area contributed by atoms with Gasteiger partial charge in [0.2, 0.25) is 10.0 Å². The molecule has 5 nitrogen and oxygen atoms in total. The fourth-order valence-corrected chi connectivity index (χ4v) is 4.56. The van der Waals surface area contributed by atoms with E-state index in [1.807, 2.05) is 0 Å². The van der Waals surface area contributed by atoms with Crippen molar-refractivity contribution in [3.8, 4) is 12.1 Å². The number of sulfonamides is 1. The first-order valence-corrected chi connectivity index (χ1v) is 10.9. The van der Waals surface area contributed by atoms with Crippen LogP contribution in [0.4, 0.5) is 0 Å².